The van der Waals surface area contributed by atoms with E-state index in [9.17, 15) is 0 Å². The van der Waals surface area contributed by atoms with Gasteiger partial charge in [0.05, 0.1) is 17.3 Å². The highest BCUT2D eigenvalue weighted by atomic mass is 32.1. The zero-order valence-corrected chi connectivity index (χ0v) is 10.7. The number of aryl methyl sites for hydroxylation is 1. The average molecular weight is 228 g/mol. The van der Waals surface area contributed by atoms with Gasteiger partial charge in [-0.1, -0.05) is 6.92 Å². The van der Waals surface area contributed by atoms with Crippen LogP contribution >= 0.6 is 11.3 Å². The van der Waals surface area contributed by atoms with Gasteiger partial charge in [-0.25, -0.2) is 4.98 Å². The van der Waals surface area contributed by atoms with Gasteiger partial charge in [0.25, 0.3) is 0 Å². The third-order valence-electron chi connectivity index (χ3n) is 2.27. The van der Waals surface area contributed by atoms with E-state index in [1.54, 1.807) is 18.4 Å². The first-order valence-electron chi connectivity index (χ1n) is 5.36. The molecule has 0 spiro atoms. The number of thiazole rings is 1. The van der Waals surface area contributed by atoms with Crippen LogP contribution < -0.4 is 5.32 Å². The van der Waals surface area contributed by atoms with Crippen molar-refractivity contribution in [2.75, 3.05) is 13.7 Å². The quantitative estimate of drug-likeness (QED) is 0.812. The van der Waals surface area contributed by atoms with Crippen LogP contribution in [0.25, 0.3) is 0 Å². The van der Waals surface area contributed by atoms with Crippen molar-refractivity contribution in [3.05, 3.63) is 16.1 Å². The van der Waals surface area contributed by atoms with E-state index in [0.29, 0.717) is 12.1 Å². The van der Waals surface area contributed by atoms with Crippen LogP contribution in [-0.4, -0.2) is 24.7 Å². The van der Waals surface area contributed by atoms with Crippen molar-refractivity contribution in [3.63, 3.8) is 0 Å². The second kappa shape index (κ2) is 6.20. The van der Waals surface area contributed by atoms with Crippen molar-refractivity contribution in [1.29, 1.82) is 0 Å². The predicted molar refractivity (Wildman–Crippen MR) is 64.4 cm³/mol. The molecule has 1 N–H and O–H groups in total. The summed E-state index contributed by atoms with van der Waals surface area (Å²) in [5.41, 5.74) is 1.14. The summed E-state index contributed by atoms with van der Waals surface area (Å²) in [6.07, 6.45) is 1.02. The van der Waals surface area contributed by atoms with Gasteiger partial charge in [-0.15, -0.1) is 11.3 Å². The van der Waals surface area contributed by atoms with Gasteiger partial charge < -0.3 is 10.1 Å². The molecule has 86 valence electrons. The van der Waals surface area contributed by atoms with Crippen molar-refractivity contribution in [2.45, 2.75) is 39.3 Å². The summed E-state index contributed by atoms with van der Waals surface area (Å²) >= 11 is 1.74. The fourth-order valence-electron chi connectivity index (χ4n) is 1.50. The van der Waals surface area contributed by atoms with Crippen LogP contribution in [0.1, 0.15) is 37.5 Å². The predicted octanol–water partition coefficient (Wildman–Crippen LogP) is 2.39. The van der Waals surface area contributed by atoms with Crippen LogP contribution in [0.5, 0.6) is 0 Å². The van der Waals surface area contributed by atoms with E-state index < -0.39 is 0 Å². The lowest BCUT2D eigenvalue weighted by atomic mass is 10.2. The average Bonchev–Trinajstić information content (AvgIpc) is 2.66. The van der Waals surface area contributed by atoms with Crippen molar-refractivity contribution in [1.82, 2.24) is 10.3 Å². The highest BCUT2D eigenvalue weighted by molar-refractivity contribution is 7.09. The monoisotopic (exact) mass is 228 g/mol. The summed E-state index contributed by atoms with van der Waals surface area (Å²) in [4.78, 5) is 4.56. The molecule has 0 aliphatic rings. The molecule has 1 aromatic rings. The smallest absolute Gasteiger partial charge is 0.0926 e. The van der Waals surface area contributed by atoms with Gasteiger partial charge in [0.1, 0.15) is 0 Å². The summed E-state index contributed by atoms with van der Waals surface area (Å²) in [6, 6.07) is 0.656. The minimum absolute atomic E-state index is 0.298. The van der Waals surface area contributed by atoms with Gasteiger partial charge in [-0.3, -0.25) is 0 Å². The molecule has 1 heterocycles. The Kier molecular flexibility index (Phi) is 5.22. The molecule has 4 heteroatoms. The Bertz CT molecular complexity index is 288. The lowest BCUT2D eigenvalue weighted by Crippen LogP contribution is -2.32. The molecule has 0 aromatic carbocycles. The molecule has 0 amide bonds. The number of hydrogen-bond acceptors (Lipinski definition) is 4. The molecule has 2 atom stereocenters. The second-order valence-electron chi connectivity index (χ2n) is 3.76. The molecule has 15 heavy (non-hydrogen) atoms. The third-order valence-corrected chi connectivity index (χ3v) is 3.28. The van der Waals surface area contributed by atoms with E-state index in [1.165, 1.54) is 5.01 Å². The molecule has 0 saturated heterocycles. The van der Waals surface area contributed by atoms with Gasteiger partial charge >= 0.3 is 0 Å². The highest BCUT2D eigenvalue weighted by Crippen LogP contribution is 2.17. The topological polar surface area (TPSA) is 34.2 Å². The Morgan fingerprint density at radius 2 is 2.27 bits per heavy atom. The Labute approximate surface area is 95.9 Å². The van der Waals surface area contributed by atoms with Crippen molar-refractivity contribution in [3.8, 4) is 0 Å². The number of nitrogens with zero attached hydrogens (tertiary/aromatic N) is 1. The van der Waals surface area contributed by atoms with Crippen LogP contribution in [0.2, 0.25) is 0 Å². The molecule has 1 rings (SSSR count). The van der Waals surface area contributed by atoms with Crippen molar-refractivity contribution >= 4 is 11.3 Å². The van der Waals surface area contributed by atoms with Crippen LogP contribution in [0, 0.1) is 0 Å². The summed E-state index contributed by atoms with van der Waals surface area (Å²) in [5.74, 6) is 0. The molecule has 0 aliphatic carbocycles. The first-order chi connectivity index (χ1) is 7.17. The number of rotatable bonds is 6. The zero-order valence-electron chi connectivity index (χ0n) is 9.91. The van der Waals surface area contributed by atoms with E-state index in [-0.39, 0.29) is 0 Å². The Balaban J connectivity index is 2.49. The Hall–Kier alpha value is -0.450. The second-order valence-corrected chi connectivity index (χ2v) is 4.71. The fourth-order valence-corrected chi connectivity index (χ4v) is 2.34. The van der Waals surface area contributed by atoms with Gasteiger partial charge in [0.2, 0.25) is 0 Å². The van der Waals surface area contributed by atoms with Crippen LogP contribution in [0.4, 0.5) is 0 Å². The maximum atomic E-state index is 5.09. The maximum absolute atomic E-state index is 5.09. The molecule has 0 radical (unpaired) electrons. The van der Waals surface area contributed by atoms with Crippen LogP contribution in [0.15, 0.2) is 5.38 Å². The fraction of sp³-hybridized carbons (Fsp3) is 0.727. The molecular weight excluding hydrogens is 208 g/mol. The first kappa shape index (κ1) is 12.6. The largest absolute Gasteiger partial charge is 0.383 e. The SMILES string of the molecule is CCc1nc(C(C)NC(C)COC)cs1. The summed E-state index contributed by atoms with van der Waals surface area (Å²) in [7, 11) is 1.72. The number of aromatic nitrogens is 1. The minimum Gasteiger partial charge on any atom is -0.383 e. The van der Waals surface area contributed by atoms with Crippen LogP contribution in [0.3, 0.4) is 0 Å². The number of ether oxygens (including phenoxy) is 1. The van der Waals surface area contributed by atoms with Gasteiger partial charge in [0.15, 0.2) is 0 Å². The summed E-state index contributed by atoms with van der Waals surface area (Å²) in [5, 5.41) is 6.80. The molecular formula is C11H20N2OS. The van der Waals surface area contributed by atoms with Crippen molar-refractivity contribution < 1.29 is 4.74 Å². The molecule has 0 saturated carbocycles. The molecule has 0 aliphatic heterocycles. The molecule has 0 bridgehead atoms. The molecule has 3 nitrogen and oxygen atoms in total. The summed E-state index contributed by atoms with van der Waals surface area (Å²) in [6.45, 7) is 7.12. The standard InChI is InChI=1S/C11H20N2OS/c1-5-11-13-10(7-15-11)9(3)12-8(2)6-14-4/h7-9,12H,5-6H2,1-4H3. The normalized spacial score (nSPS) is 15.2. The minimum atomic E-state index is 0.298. The lowest BCUT2D eigenvalue weighted by Gasteiger charge is -2.17. The van der Waals surface area contributed by atoms with E-state index in [1.807, 2.05) is 0 Å². The van der Waals surface area contributed by atoms with E-state index >= 15 is 0 Å². The van der Waals surface area contributed by atoms with E-state index in [4.69, 9.17) is 4.74 Å². The molecule has 1 aromatic heterocycles. The van der Waals surface area contributed by atoms with E-state index in [2.05, 4.69) is 36.5 Å². The van der Waals surface area contributed by atoms with Crippen molar-refractivity contribution in [2.24, 2.45) is 0 Å². The summed E-state index contributed by atoms with van der Waals surface area (Å²) < 4.78 is 5.09. The number of nitrogens with one attached hydrogen (secondary N) is 1. The number of hydrogen-bond donors (Lipinski definition) is 1. The third kappa shape index (κ3) is 3.89. The van der Waals surface area contributed by atoms with Gasteiger partial charge in [-0.2, -0.15) is 0 Å². The maximum Gasteiger partial charge on any atom is 0.0926 e. The first-order valence-corrected chi connectivity index (χ1v) is 6.24. The van der Waals surface area contributed by atoms with E-state index in [0.717, 1.165) is 18.7 Å². The Morgan fingerprint density at radius 3 is 2.80 bits per heavy atom. The highest BCUT2D eigenvalue weighted by Gasteiger charge is 2.11. The zero-order chi connectivity index (χ0) is 11.3. The van der Waals surface area contributed by atoms with Gasteiger partial charge in [0, 0.05) is 24.6 Å². The lowest BCUT2D eigenvalue weighted by molar-refractivity contribution is 0.167. The number of methoxy groups -OCH3 is 1. The molecule has 2 unspecified atom stereocenters. The van der Waals surface area contributed by atoms with Crippen LogP contribution in [-0.2, 0) is 11.2 Å². The van der Waals surface area contributed by atoms with Gasteiger partial charge in [-0.05, 0) is 20.3 Å². The Morgan fingerprint density at radius 1 is 1.53 bits per heavy atom. The molecule has 0 fully saturated rings.